The number of likely N-dealkylation sites (N-methyl/N-ethyl adjacent to an activating group) is 1. The highest BCUT2D eigenvalue weighted by Gasteiger charge is 2.12. The molecule has 8 heteroatoms. The van der Waals surface area contributed by atoms with Crippen molar-refractivity contribution in [1.29, 1.82) is 0 Å². The number of aliphatic hydroxyl groups excluding tert-OH is 1. The van der Waals surface area contributed by atoms with Crippen LogP contribution < -0.4 is 15.4 Å². The molecule has 0 spiro atoms. The van der Waals surface area contributed by atoms with Crippen LogP contribution in [0, 0.1) is 0 Å². The zero-order chi connectivity index (χ0) is 22.2. The second kappa shape index (κ2) is 10.8. The van der Waals surface area contributed by atoms with Crippen molar-refractivity contribution >= 4 is 33.3 Å². The van der Waals surface area contributed by atoms with Crippen LogP contribution in [0.1, 0.15) is 16.5 Å². The first-order valence-corrected chi connectivity index (χ1v) is 10.8. The van der Waals surface area contributed by atoms with Gasteiger partial charge in [0.2, 0.25) is 0 Å². The van der Waals surface area contributed by atoms with Gasteiger partial charge in [-0.1, -0.05) is 30.3 Å². The summed E-state index contributed by atoms with van der Waals surface area (Å²) in [6.07, 6.45) is -0.623. The third kappa shape index (κ3) is 6.44. The third-order valence-electron chi connectivity index (χ3n) is 4.68. The number of hydrogen-bond acceptors (Lipinski definition) is 5. The molecule has 0 aliphatic heterocycles. The Hall–Kier alpha value is -3.10. The molecule has 1 amide bonds. The molecule has 0 saturated carbocycles. The molecule has 0 aliphatic carbocycles. The van der Waals surface area contributed by atoms with Crippen LogP contribution in [-0.4, -0.2) is 56.2 Å². The van der Waals surface area contributed by atoms with Gasteiger partial charge < -0.3 is 25.4 Å². The standard InChI is InChI=1S/C23H28N4O3S/c1-24-23(26-14-19(28)21-12-17-8-4-5-10-20(17)31-21)25-13-16-7-6-9-18(11-16)30-15-22(29)27(2)3/h4-12,19,28H,13-15H2,1-3H3,(H2,24,25,26). The summed E-state index contributed by atoms with van der Waals surface area (Å²) in [5, 5.41) is 18.1. The van der Waals surface area contributed by atoms with Crippen LogP contribution in [0.25, 0.3) is 10.1 Å². The van der Waals surface area contributed by atoms with Gasteiger partial charge in [-0.25, -0.2) is 0 Å². The Labute approximate surface area is 186 Å². The predicted molar refractivity (Wildman–Crippen MR) is 126 cm³/mol. The van der Waals surface area contributed by atoms with Gasteiger partial charge in [-0.05, 0) is 35.2 Å². The number of nitrogens with zero attached hydrogens (tertiary/aromatic N) is 2. The number of ether oxygens (including phenoxy) is 1. The van der Waals surface area contributed by atoms with E-state index in [-0.39, 0.29) is 12.5 Å². The summed E-state index contributed by atoms with van der Waals surface area (Å²) >= 11 is 1.59. The first-order chi connectivity index (χ1) is 15.0. The summed E-state index contributed by atoms with van der Waals surface area (Å²) in [6.45, 7) is 0.877. The van der Waals surface area contributed by atoms with Crippen LogP contribution in [0.3, 0.4) is 0 Å². The van der Waals surface area contributed by atoms with E-state index in [1.807, 2.05) is 48.5 Å². The van der Waals surface area contributed by atoms with E-state index in [9.17, 15) is 9.90 Å². The summed E-state index contributed by atoms with van der Waals surface area (Å²) in [6, 6.07) is 17.7. The van der Waals surface area contributed by atoms with Gasteiger partial charge in [0, 0.05) is 43.8 Å². The maximum atomic E-state index is 11.7. The van der Waals surface area contributed by atoms with Gasteiger partial charge in [0.15, 0.2) is 12.6 Å². The van der Waals surface area contributed by atoms with Gasteiger partial charge in [-0.2, -0.15) is 0 Å². The lowest BCUT2D eigenvalue weighted by Gasteiger charge is -2.15. The van der Waals surface area contributed by atoms with Crippen molar-refractivity contribution < 1.29 is 14.6 Å². The Morgan fingerprint density at radius 1 is 1.16 bits per heavy atom. The molecule has 0 saturated heterocycles. The molecule has 0 aliphatic rings. The highest BCUT2D eigenvalue weighted by atomic mass is 32.1. The molecule has 3 aromatic rings. The zero-order valence-electron chi connectivity index (χ0n) is 18.0. The fraction of sp³-hybridized carbons (Fsp3) is 0.304. The Balaban J connectivity index is 1.50. The van der Waals surface area contributed by atoms with Crippen molar-refractivity contribution in [2.24, 2.45) is 4.99 Å². The third-order valence-corrected chi connectivity index (χ3v) is 5.90. The highest BCUT2D eigenvalue weighted by molar-refractivity contribution is 7.19. The van der Waals surface area contributed by atoms with E-state index in [1.54, 1.807) is 32.5 Å². The molecule has 31 heavy (non-hydrogen) atoms. The van der Waals surface area contributed by atoms with Gasteiger partial charge in [-0.3, -0.25) is 9.79 Å². The number of carbonyl (C=O) groups is 1. The molecule has 2 aromatic carbocycles. The molecule has 0 radical (unpaired) electrons. The van der Waals surface area contributed by atoms with E-state index in [2.05, 4.69) is 21.7 Å². The summed E-state index contributed by atoms with van der Waals surface area (Å²) in [5.41, 5.74) is 0.989. The normalized spacial score (nSPS) is 12.5. The number of aliphatic hydroxyl groups is 1. The number of rotatable bonds is 8. The molecular weight excluding hydrogens is 412 g/mol. The van der Waals surface area contributed by atoms with Crippen molar-refractivity contribution in [1.82, 2.24) is 15.5 Å². The van der Waals surface area contributed by atoms with Crippen molar-refractivity contribution in [2.45, 2.75) is 12.6 Å². The van der Waals surface area contributed by atoms with Gasteiger partial charge in [0.25, 0.3) is 5.91 Å². The number of fused-ring (bicyclic) bond motifs is 1. The monoisotopic (exact) mass is 440 g/mol. The predicted octanol–water partition coefficient (Wildman–Crippen LogP) is 2.77. The minimum Gasteiger partial charge on any atom is -0.484 e. The fourth-order valence-electron chi connectivity index (χ4n) is 2.89. The second-order valence-electron chi connectivity index (χ2n) is 7.23. The largest absolute Gasteiger partial charge is 0.484 e. The number of benzene rings is 2. The summed E-state index contributed by atoms with van der Waals surface area (Å²) in [5.74, 6) is 1.14. The summed E-state index contributed by atoms with van der Waals surface area (Å²) < 4.78 is 6.72. The van der Waals surface area contributed by atoms with E-state index in [4.69, 9.17) is 4.74 Å². The average molecular weight is 441 g/mol. The molecule has 3 N–H and O–H groups in total. The van der Waals surface area contributed by atoms with Crippen molar-refractivity contribution in [2.75, 3.05) is 34.3 Å². The van der Waals surface area contributed by atoms with Crippen LogP contribution >= 0.6 is 11.3 Å². The van der Waals surface area contributed by atoms with Gasteiger partial charge in [-0.15, -0.1) is 11.3 Å². The minimum atomic E-state index is -0.623. The Morgan fingerprint density at radius 3 is 2.71 bits per heavy atom. The zero-order valence-corrected chi connectivity index (χ0v) is 18.8. The molecule has 1 aromatic heterocycles. The maximum absolute atomic E-state index is 11.7. The lowest BCUT2D eigenvalue weighted by molar-refractivity contribution is -0.130. The van der Waals surface area contributed by atoms with Crippen molar-refractivity contribution in [3.05, 3.63) is 65.0 Å². The molecule has 7 nitrogen and oxygen atoms in total. The van der Waals surface area contributed by atoms with Crippen molar-refractivity contribution in [3.8, 4) is 5.75 Å². The van der Waals surface area contributed by atoms with E-state index in [0.717, 1.165) is 20.5 Å². The molecular formula is C23H28N4O3S. The first-order valence-electron chi connectivity index (χ1n) is 9.99. The second-order valence-corrected chi connectivity index (χ2v) is 8.35. The highest BCUT2D eigenvalue weighted by Crippen LogP contribution is 2.29. The molecule has 0 fully saturated rings. The lowest BCUT2D eigenvalue weighted by Crippen LogP contribution is -2.38. The number of hydrogen-bond donors (Lipinski definition) is 3. The summed E-state index contributed by atoms with van der Waals surface area (Å²) in [4.78, 5) is 18.3. The van der Waals surface area contributed by atoms with Crippen LogP contribution in [0.2, 0.25) is 0 Å². The average Bonchev–Trinajstić information content (AvgIpc) is 3.22. The smallest absolute Gasteiger partial charge is 0.259 e. The number of guanidine groups is 1. The fourth-order valence-corrected chi connectivity index (χ4v) is 3.94. The van der Waals surface area contributed by atoms with E-state index in [0.29, 0.717) is 24.8 Å². The molecule has 1 atom stereocenters. The van der Waals surface area contributed by atoms with Gasteiger partial charge in [0.05, 0.1) is 0 Å². The Morgan fingerprint density at radius 2 is 1.97 bits per heavy atom. The van der Waals surface area contributed by atoms with E-state index >= 15 is 0 Å². The topological polar surface area (TPSA) is 86.2 Å². The molecule has 3 rings (SSSR count). The Kier molecular flexibility index (Phi) is 7.86. The van der Waals surface area contributed by atoms with Crippen molar-refractivity contribution in [3.63, 3.8) is 0 Å². The number of amides is 1. The van der Waals surface area contributed by atoms with Crippen LogP contribution in [0.4, 0.5) is 0 Å². The summed E-state index contributed by atoms with van der Waals surface area (Å²) in [7, 11) is 5.08. The SMILES string of the molecule is CN=C(NCc1cccc(OCC(=O)N(C)C)c1)NCC(O)c1cc2ccccc2s1. The quantitative estimate of drug-likeness (QED) is 0.370. The van der Waals surface area contributed by atoms with Crippen LogP contribution in [-0.2, 0) is 11.3 Å². The van der Waals surface area contributed by atoms with Crippen LogP contribution in [0.15, 0.2) is 59.6 Å². The van der Waals surface area contributed by atoms with Crippen LogP contribution in [0.5, 0.6) is 5.75 Å². The molecule has 1 heterocycles. The minimum absolute atomic E-state index is 0.00270. The number of carbonyl (C=O) groups excluding carboxylic acids is 1. The number of aliphatic imine (C=N–C) groups is 1. The Bertz CT molecular complexity index is 1010. The molecule has 1 unspecified atom stereocenters. The van der Waals surface area contributed by atoms with E-state index in [1.165, 1.54) is 4.90 Å². The maximum Gasteiger partial charge on any atom is 0.259 e. The van der Waals surface area contributed by atoms with Gasteiger partial charge >= 0.3 is 0 Å². The number of nitrogens with one attached hydrogen (secondary N) is 2. The number of thiophene rings is 1. The first kappa shape index (κ1) is 22.6. The lowest BCUT2D eigenvalue weighted by atomic mass is 10.2. The molecule has 164 valence electrons. The molecule has 0 bridgehead atoms. The van der Waals surface area contributed by atoms with Gasteiger partial charge in [0.1, 0.15) is 11.9 Å². The van der Waals surface area contributed by atoms with E-state index < -0.39 is 6.10 Å².